The third kappa shape index (κ3) is 2.95. The first-order chi connectivity index (χ1) is 6.24. The number of aliphatic hydroxyl groups excluding tert-OH is 1. The summed E-state index contributed by atoms with van der Waals surface area (Å²) in [5.74, 6) is 0.822. The second-order valence-corrected chi connectivity index (χ2v) is 3.14. The largest absolute Gasteiger partial charge is 0.491 e. The molecule has 1 rings (SSSR count). The van der Waals surface area contributed by atoms with Crippen molar-refractivity contribution >= 4 is 5.69 Å². The Bertz CT molecular complexity index is 263. The Hall–Kier alpha value is -1.22. The predicted molar refractivity (Wildman–Crippen MR) is 52.6 cm³/mol. The minimum Gasteiger partial charge on any atom is -0.491 e. The molecule has 3 N–H and O–H groups in total. The van der Waals surface area contributed by atoms with E-state index in [0.29, 0.717) is 18.0 Å². The van der Waals surface area contributed by atoms with Crippen LogP contribution in [-0.2, 0) is 0 Å². The van der Waals surface area contributed by atoms with Crippen molar-refractivity contribution in [2.45, 2.75) is 6.92 Å². The van der Waals surface area contributed by atoms with Crippen LogP contribution in [0.1, 0.15) is 6.92 Å². The van der Waals surface area contributed by atoms with Gasteiger partial charge in [0.05, 0.1) is 12.3 Å². The molecule has 1 atom stereocenters. The first-order valence-corrected chi connectivity index (χ1v) is 4.32. The number of rotatable bonds is 4. The molecule has 0 saturated heterocycles. The smallest absolute Gasteiger partial charge is 0.142 e. The van der Waals surface area contributed by atoms with E-state index in [1.807, 2.05) is 25.1 Å². The maximum atomic E-state index is 8.77. The molecule has 0 aliphatic rings. The standard InChI is InChI=1S/C10H15NO2/c1-8(6-12)7-13-10-5-3-2-4-9(10)11/h2-5,8,12H,6-7,11H2,1H3. The normalized spacial score (nSPS) is 12.5. The van der Waals surface area contributed by atoms with Crippen LogP contribution in [0.25, 0.3) is 0 Å². The molecule has 0 spiro atoms. The number of anilines is 1. The fourth-order valence-corrected chi connectivity index (χ4v) is 0.897. The highest BCUT2D eigenvalue weighted by molar-refractivity contribution is 5.51. The minimum absolute atomic E-state index is 0.132. The average molecular weight is 181 g/mol. The minimum atomic E-state index is 0.132. The number of hydrogen-bond acceptors (Lipinski definition) is 3. The molecule has 1 aromatic carbocycles. The molecule has 0 aliphatic carbocycles. The van der Waals surface area contributed by atoms with Gasteiger partial charge < -0.3 is 15.6 Å². The summed E-state index contributed by atoms with van der Waals surface area (Å²) in [5, 5.41) is 8.77. The molecule has 0 aromatic heterocycles. The molecule has 13 heavy (non-hydrogen) atoms. The van der Waals surface area contributed by atoms with Crippen LogP contribution in [-0.4, -0.2) is 18.3 Å². The summed E-state index contributed by atoms with van der Waals surface area (Å²) in [7, 11) is 0. The van der Waals surface area contributed by atoms with Gasteiger partial charge in [-0.2, -0.15) is 0 Å². The van der Waals surface area contributed by atoms with Gasteiger partial charge in [0.15, 0.2) is 0 Å². The van der Waals surface area contributed by atoms with E-state index in [1.165, 1.54) is 0 Å². The maximum absolute atomic E-state index is 8.77. The monoisotopic (exact) mass is 181 g/mol. The van der Waals surface area contributed by atoms with Gasteiger partial charge in [-0.3, -0.25) is 0 Å². The van der Waals surface area contributed by atoms with Crippen LogP contribution < -0.4 is 10.5 Å². The number of ether oxygens (including phenoxy) is 1. The lowest BCUT2D eigenvalue weighted by Crippen LogP contribution is -2.12. The summed E-state index contributed by atoms with van der Waals surface area (Å²) in [5.41, 5.74) is 6.29. The van der Waals surface area contributed by atoms with Crippen LogP contribution in [0.2, 0.25) is 0 Å². The fourth-order valence-electron chi connectivity index (χ4n) is 0.897. The fraction of sp³-hybridized carbons (Fsp3) is 0.400. The summed E-state index contributed by atoms with van der Waals surface area (Å²) in [6.45, 7) is 2.54. The number of nitrogens with two attached hydrogens (primary N) is 1. The van der Waals surface area contributed by atoms with E-state index in [-0.39, 0.29) is 12.5 Å². The highest BCUT2D eigenvalue weighted by Gasteiger charge is 2.02. The van der Waals surface area contributed by atoms with Crippen LogP contribution in [0.5, 0.6) is 5.75 Å². The molecule has 0 bridgehead atoms. The quantitative estimate of drug-likeness (QED) is 0.688. The first kappa shape index (κ1) is 9.86. The van der Waals surface area contributed by atoms with Crippen LogP contribution in [0.3, 0.4) is 0 Å². The highest BCUT2D eigenvalue weighted by atomic mass is 16.5. The topological polar surface area (TPSA) is 55.5 Å². The molecular formula is C10H15NO2. The van der Waals surface area contributed by atoms with E-state index in [1.54, 1.807) is 6.07 Å². The van der Waals surface area contributed by atoms with Crippen LogP contribution in [0.4, 0.5) is 5.69 Å². The zero-order chi connectivity index (χ0) is 9.68. The Labute approximate surface area is 78.1 Å². The lowest BCUT2D eigenvalue weighted by Gasteiger charge is -2.11. The Morgan fingerprint density at radius 2 is 2.15 bits per heavy atom. The SMILES string of the molecule is CC(CO)COc1ccccc1N. The number of aliphatic hydroxyl groups is 1. The van der Waals surface area contributed by atoms with Gasteiger partial charge in [-0.05, 0) is 12.1 Å². The zero-order valence-electron chi connectivity index (χ0n) is 7.73. The van der Waals surface area contributed by atoms with Crippen molar-refractivity contribution in [2.24, 2.45) is 5.92 Å². The number of para-hydroxylation sites is 2. The number of nitrogen functional groups attached to an aromatic ring is 1. The summed E-state index contributed by atoms with van der Waals surface area (Å²) < 4.78 is 5.40. The molecule has 0 aliphatic heterocycles. The van der Waals surface area contributed by atoms with Crippen molar-refractivity contribution in [3.05, 3.63) is 24.3 Å². The Morgan fingerprint density at radius 3 is 2.77 bits per heavy atom. The highest BCUT2D eigenvalue weighted by Crippen LogP contribution is 2.20. The molecule has 1 unspecified atom stereocenters. The number of benzene rings is 1. The van der Waals surface area contributed by atoms with Crippen molar-refractivity contribution in [3.8, 4) is 5.75 Å². The second kappa shape index (κ2) is 4.72. The van der Waals surface area contributed by atoms with E-state index in [9.17, 15) is 0 Å². The first-order valence-electron chi connectivity index (χ1n) is 4.32. The Balaban J connectivity index is 2.50. The van der Waals surface area contributed by atoms with Crippen molar-refractivity contribution in [1.29, 1.82) is 0 Å². The lowest BCUT2D eigenvalue weighted by molar-refractivity contribution is 0.175. The van der Waals surface area contributed by atoms with Gasteiger partial charge in [0.25, 0.3) is 0 Å². The van der Waals surface area contributed by atoms with Gasteiger partial charge in [0, 0.05) is 12.5 Å². The molecule has 3 nitrogen and oxygen atoms in total. The molecule has 0 fully saturated rings. The van der Waals surface area contributed by atoms with Crippen molar-refractivity contribution in [2.75, 3.05) is 18.9 Å². The predicted octanol–water partition coefficient (Wildman–Crippen LogP) is 1.28. The molecule has 3 heteroatoms. The van der Waals surface area contributed by atoms with Gasteiger partial charge in [-0.15, -0.1) is 0 Å². The van der Waals surface area contributed by atoms with Gasteiger partial charge >= 0.3 is 0 Å². The van der Waals surface area contributed by atoms with E-state index < -0.39 is 0 Å². The van der Waals surface area contributed by atoms with Gasteiger partial charge in [-0.1, -0.05) is 19.1 Å². The molecular weight excluding hydrogens is 166 g/mol. The van der Waals surface area contributed by atoms with Crippen LogP contribution in [0.15, 0.2) is 24.3 Å². The third-order valence-corrected chi connectivity index (χ3v) is 1.75. The van der Waals surface area contributed by atoms with Crippen LogP contribution >= 0.6 is 0 Å². The van der Waals surface area contributed by atoms with Crippen molar-refractivity contribution < 1.29 is 9.84 Å². The van der Waals surface area contributed by atoms with E-state index in [2.05, 4.69) is 0 Å². The number of hydrogen-bond donors (Lipinski definition) is 2. The molecule has 0 heterocycles. The van der Waals surface area contributed by atoms with Crippen molar-refractivity contribution in [3.63, 3.8) is 0 Å². The van der Waals surface area contributed by atoms with Gasteiger partial charge in [0.1, 0.15) is 5.75 Å². The third-order valence-electron chi connectivity index (χ3n) is 1.75. The van der Waals surface area contributed by atoms with Crippen LogP contribution in [0, 0.1) is 5.92 Å². The summed E-state index contributed by atoms with van der Waals surface area (Å²) >= 11 is 0. The van der Waals surface area contributed by atoms with Crippen molar-refractivity contribution in [1.82, 2.24) is 0 Å². The Morgan fingerprint density at radius 1 is 1.46 bits per heavy atom. The van der Waals surface area contributed by atoms with E-state index in [4.69, 9.17) is 15.6 Å². The maximum Gasteiger partial charge on any atom is 0.142 e. The van der Waals surface area contributed by atoms with E-state index >= 15 is 0 Å². The van der Waals surface area contributed by atoms with Gasteiger partial charge in [0.2, 0.25) is 0 Å². The molecule has 1 aromatic rings. The molecule has 0 amide bonds. The molecule has 0 saturated carbocycles. The zero-order valence-corrected chi connectivity index (χ0v) is 7.73. The molecule has 0 radical (unpaired) electrons. The Kier molecular flexibility index (Phi) is 3.58. The lowest BCUT2D eigenvalue weighted by atomic mass is 10.2. The summed E-state index contributed by atoms with van der Waals surface area (Å²) in [6, 6.07) is 7.34. The molecule has 72 valence electrons. The summed E-state index contributed by atoms with van der Waals surface area (Å²) in [6.07, 6.45) is 0. The van der Waals surface area contributed by atoms with E-state index in [0.717, 1.165) is 0 Å². The summed E-state index contributed by atoms with van der Waals surface area (Å²) in [4.78, 5) is 0. The second-order valence-electron chi connectivity index (χ2n) is 3.14. The average Bonchev–Trinajstić information content (AvgIpc) is 2.16. The van der Waals surface area contributed by atoms with Gasteiger partial charge in [-0.25, -0.2) is 0 Å².